The van der Waals surface area contributed by atoms with Crippen molar-refractivity contribution in [1.82, 2.24) is 4.57 Å². The summed E-state index contributed by atoms with van der Waals surface area (Å²) in [5, 5.41) is 16.0. The second kappa shape index (κ2) is 10.2. The summed E-state index contributed by atoms with van der Waals surface area (Å²) in [6.45, 7) is 3.16. The summed E-state index contributed by atoms with van der Waals surface area (Å²) in [6.07, 6.45) is 3.67. The molecule has 0 saturated carbocycles. The number of carbonyl (C=O) groups is 1. The lowest BCUT2D eigenvalue weighted by atomic mass is 10.0. The lowest BCUT2D eigenvalue weighted by Gasteiger charge is -2.09. The minimum Gasteiger partial charge on any atom is -0.494 e. The highest BCUT2D eigenvalue weighted by Gasteiger charge is 2.14. The largest absolute Gasteiger partial charge is 0.494 e. The molecule has 1 N–H and O–H groups in total. The third-order valence-electron chi connectivity index (χ3n) is 6.13. The molecule has 0 aliphatic heterocycles. The smallest absolute Gasteiger partial charge is 0.266 e. The molecule has 1 heterocycles. The maximum Gasteiger partial charge on any atom is 0.266 e. The van der Waals surface area contributed by atoms with Crippen LogP contribution in [0, 0.1) is 11.3 Å². The van der Waals surface area contributed by atoms with Crippen LogP contribution < -0.4 is 10.1 Å². The van der Waals surface area contributed by atoms with Crippen molar-refractivity contribution >= 4 is 39.3 Å². The molecule has 0 unspecified atom stereocenters. The van der Waals surface area contributed by atoms with E-state index in [0.717, 1.165) is 22.2 Å². The van der Waals surface area contributed by atoms with Gasteiger partial charge in [0.15, 0.2) is 0 Å². The number of benzene rings is 4. The Morgan fingerprint density at radius 1 is 0.944 bits per heavy atom. The van der Waals surface area contributed by atoms with Gasteiger partial charge in [-0.2, -0.15) is 5.26 Å². The summed E-state index contributed by atoms with van der Waals surface area (Å²) in [7, 11) is 0. The van der Waals surface area contributed by atoms with Gasteiger partial charge in [0.2, 0.25) is 0 Å². The number of nitrogens with one attached hydrogen (secondary N) is 1. The summed E-state index contributed by atoms with van der Waals surface area (Å²) in [5.74, 6) is 0.276. The second-order valence-corrected chi connectivity index (χ2v) is 8.45. The molecule has 5 heteroatoms. The molecule has 0 fully saturated rings. The molecule has 4 aromatic carbocycles. The number of carbonyl (C=O) groups excluding carboxylic acids is 1. The van der Waals surface area contributed by atoms with Crippen LogP contribution >= 0.6 is 0 Å². The van der Waals surface area contributed by atoms with Crippen LogP contribution in [0.25, 0.3) is 27.8 Å². The van der Waals surface area contributed by atoms with E-state index in [9.17, 15) is 10.1 Å². The van der Waals surface area contributed by atoms with Crippen molar-refractivity contribution in [2.24, 2.45) is 0 Å². The van der Waals surface area contributed by atoms with Crippen molar-refractivity contribution in [2.75, 3.05) is 11.9 Å². The molecular formula is C31H25N3O2. The van der Waals surface area contributed by atoms with Crippen LogP contribution in [0.2, 0.25) is 0 Å². The van der Waals surface area contributed by atoms with Crippen LogP contribution in [0.1, 0.15) is 18.1 Å². The Kier molecular flexibility index (Phi) is 6.51. The van der Waals surface area contributed by atoms with Crippen molar-refractivity contribution in [2.45, 2.75) is 13.5 Å². The van der Waals surface area contributed by atoms with E-state index in [0.29, 0.717) is 18.8 Å². The minimum atomic E-state index is -0.451. The zero-order valence-corrected chi connectivity index (χ0v) is 19.9. The Morgan fingerprint density at radius 2 is 1.67 bits per heavy atom. The quantitative estimate of drug-likeness (QED) is 0.210. The monoisotopic (exact) mass is 471 g/mol. The van der Waals surface area contributed by atoms with Gasteiger partial charge < -0.3 is 14.6 Å². The molecule has 1 amide bonds. The number of nitriles is 1. The van der Waals surface area contributed by atoms with Crippen LogP contribution in [0.3, 0.4) is 0 Å². The van der Waals surface area contributed by atoms with Gasteiger partial charge in [0.25, 0.3) is 5.91 Å². The van der Waals surface area contributed by atoms with Gasteiger partial charge in [-0.15, -0.1) is 0 Å². The summed E-state index contributed by atoms with van der Waals surface area (Å²) in [4.78, 5) is 12.9. The molecule has 0 bridgehead atoms. The van der Waals surface area contributed by atoms with Gasteiger partial charge in [-0.25, -0.2) is 0 Å². The van der Waals surface area contributed by atoms with Crippen molar-refractivity contribution < 1.29 is 9.53 Å². The Balaban J connectivity index is 1.46. The number of aromatic nitrogens is 1. The molecule has 176 valence electrons. The topological polar surface area (TPSA) is 67.0 Å². The first-order chi connectivity index (χ1) is 17.7. The normalized spacial score (nSPS) is 11.4. The zero-order chi connectivity index (χ0) is 24.9. The first-order valence-corrected chi connectivity index (χ1v) is 11.9. The first kappa shape index (κ1) is 22.9. The van der Waals surface area contributed by atoms with Crippen LogP contribution in [-0.2, 0) is 11.3 Å². The fourth-order valence-corrected chi connectivity index (χ4v) is 4.44. The number of hydrogen-bond acceptors (Lipinski definition) is 3. The Bertz CT molecular complexity index is 1620. The Hall–Kier alpha value is -4.82. The molecule has 0 aliphatic rings. The van der Waals surface area contributed by atoms with Crippen LogP contribution in [0.4, 0.5) is 5.69 Å². The minimum absolute atomic E-state index is 0.0388. The summed E-state index contributed by atoms with van der Waals surface area (Å²) in [5.41, 5.74) is 3.71. The Labute approximate surface area is 209 Å². The van der Waals surface area contributed by atoms with Crippen molar-refractivity contribution in [3.63, 3.8) is 0 Å². The fraction of sp³-hybridized carbons (Fsp3) is 0.0968. The molecule has 0 radical (unpaired) electrons. The van der Waals surface area contributed by atoms with Crippen LogP contribution in [-0.4, -0.2) is 17.1 Å². The van der Waals surface area contributed by atoms with Gasteiger partial charge in [-0.3, -0.25) is 4.79 Å². The number of hydrogen-bond donors (Lipinski definition) is 1. The van der Waals surface area contributed by atoms with Gasteiger partial charge in [0, 0.05) is 34.9 Å². The van der Waals surface area contributed by atoms with Crippen LogP contribution in [0.5, 0.6) is 5.75 Å². The van der Waals surface area contributed by atoms with Gasteiger partial charge >= 0.3 is 0 Å². The van der Waals surface area contributed by atoms with Crippen molar-refractivity contribution in [1.29, 1.82) is 5.26 Å². The van der Waals surface area contributed by atoms with Crippen molar-refractivity contribution in [3.8, 4) is 11.8 Å². The average Bonchev–Trinajstić information content (AvgIpc) is 3.25. The maximum absolute atomic E-state index is 12.9. The third-order valence-corrected chi connectivity index (χ3v) is 6.13. The lowest BCUT2D eigenvalue weighted by Crippen LogP contribution is -2.13. The number of rotatable bonds is 7. The summed E-state index contributed by atoms with van der Waals surface area (Å²) < 4.78 is 7.61. The van der Waals surface area contributed by atoms with Gasteiger partial charge in [0.1, 0.15) is 17.4 Å². The molecular weight excluding hydrogens is 446 g/mol. The van der Waals surface area contributed by atoms with E-state index in [4.69, 9.17) is 4.74 Å². The molecule has 0 atom stereocenters. The molecule has 0 saturated heterocycles. The van der Waals surface area contributed by atoms with E-state index in [2.05, 4.69) is 58.4 Å². The molecule has 5 aromatic rings. The number of ether oxygens (including phenoxy) is 1. The van der Waals surface area contributed by atoms with E-state index in [1.807, 2.05) is 37.4 Å². The lowest BCUT2D eigenvalue weighted by molar-refractivity contribution is -0.112. The Morgan fingerprint density at radius 3 is 2.44 bits per heavy atom. The highest BCUT2D eigenvalue weighted by molar-refractivity contribution is 6.10. The van der Waals surface area contributed by atoms with E-state index in [-0.39, 0.29) is 5.57 Å². The number of amides is 1. The average molecular weight is 472 g/mol. The van der Waals surface area contributed by atoms with Crippen LogP contribution in [0.15, 0.2) is 103 Å². The van der Waals surface area contributed by atoms with E-state index < -0.39 is 5.91 Å². The number of fused-ring (bicyclic) bond motifs is 2. The number of anilines is 1. The third kappa shape index (κ3) is 4.70. The second-order valence-electron chi connectivity index (χ2n) is 8.45. The highest BCUT2D eigenvalue weighted by atomic mass is 16.5. The van der Waals surface area contributed by atoms with Gasteiger partial charge in [-0.05, 0) is 59.7 Å². The van der Waals surface area contributed by atoms with Crippen molar-refractivity contribution in [3.05, 3.63) is 114 Å². The summed E-state index contributed by atoms with van der Waals surface area (Å²) >= 11 is 0. The molecule has 1 aromatic heterocycles. The predicted molar refractivity (Wildman–Crippen MR) is 145 cm³/mol. The number of nitrogens with zero attached hydrogens (tertiary/aromatic N) is 2. The standard InChI is InChI=1S/C31H25N3O2/c1-2-36-27-16-14-26(15-17-27)33-31(35)24(19-32)18-25-21-34(30-13-6-5-12-29(25)30)20-23-10-7-9-22-8-3-4-11-28(22)23/h3-18,21H,2,20H2,1H3,(H,33,35). The molecule has 36 heavy (non-hydrogen) atoms. The predicted octanol–water partition coefficient (Wildman–Crippen LogP) is 6.79. The van der Waals surface area contributed by atoms with E-state index >= 15 is 0 Å². The van der Waals surface area contributed by atoms with E-state index in [1.165, 1.54) is 16.3 Å². The maximum atomic E-state index is 12.9. The first-order valence-electron chi connectivity index (χ1n) is 11.9. The number of para-hydroxylation sites is 1. The zero-order valence-electron chi connectivity index (χ0n) is 19.9. The SMILES string of the molecule is CCOc1ccc(NC(=O)C(C#N)=Cc2cn(Cc3cccc4ccccc34)c3ccccc23)cc1. The molecule has 5 rings (SSSR count). The molecule has 5 nitrogen and oxygen atoms in total. The van der Waals surface area contributed by atoms with Gasteiger partial charge in [0.05, 0.1) is 6.61 Å². The fourth-order valence-electron chi connectivity index (χ4n) is 4.44. The van der Waals surface area contributed by atoms with E-state index in [1.54, 1.807) is 30.3 Å². The molecule has 0 aliphatic carbocycles. The molecule has 0 spiro atoms. The van der Waals surface area contributed by atoms with Gasteiger partial charge in [-0.1, -0.05) is 60.7 Å². The highest BCUT2D eigenvalue weighted by Crippen LogP contribution is 2.27. The summed E-state index contributed by atoms with van der Waals surface area (Å²) in [6, 6.07) is 31.9.